The second-order valence-electron chi connectivity index (χ2n) is 9.08. The summed E-state index contributed by atoms with van der Waals surface area (Å²) in [6, 6.07) is 15.3. The third kappa shape index (κ3) is 8.41. The first-order valence-electron chi connectivity index (χ1n) is 12.5. The van der Waals surface area contributed by atoms with Crippen molar-refractivity contribution in [1.29, 1.82) is 0 Å². The zero-order valence-electron chi connectivity index (χ0n) is 22.5. The Hall–Kier alpha value is -4.18. The van der Waals surface area contributed by atoms with Crippen molar-refractivity contribution >= 4 is 34.9 Å². The Kier molecular flexibility index (Phi) is 10.6. The molecular formula is C29H33N3O6S. The number of carbonyl (C=O) groups excluding carboxylic acids is 2. The number of hydrogen-bond acceptors (Lipinski definition) is 7. The Bertz CT molecular complexity index is 1290. The quantitative estimate of drug-likeness (QED) is 0.164. The van der Waals surface area contributed by atoms with Crippen LogP contribution in [0.5, 0.6) is 11.5 Å². The van der Waals surface area contributed by atoms with Crippen LogP contribution < -0.4 is 9.47 Å². The Morgan fingerprint density at radius 2 is 1.77 bits per heavy atom. The number of nitro benzene ring substituents is 1. The number of hydrogen-bond donors (Lipinski definition) is 0. The topological polar surface area (TPSA) is 102 Å². The Balaban J connectivity index is 1.72. The van der Waals surface area contributed by atoms with Crippen LogP contribution in [0, 0.1) is 10.1 Å². The molecule has 0 fully saturated rings. The largest absolute Gasteiger partial charge is 0.493 e. The first kappa shape index (κ1) is 29.4. The molecule has 1 aromatic heterocycles. The molecule has 0 aliphatic heterocycles. The molecule has 2 aromatic carbocycles. The molecule has 206 valence electrons. The van der Waals surface area contributed by atoms with Crippen molar-refractivity contribution in [3.63, 3.8) is 0 Å². The second kappa shape index (κ2) is 14.1. The van der Waals surface area contributed by atoms with Gasteiger partial charge in [-0.25, -0.2) is 0 Å². The minimum Gasteiger partial charge on any atom is -0.493 e. The highest BCUT2D eigenvalue weighted by Crippen LogP contribution is 2.28. The van der Waals surface area contributed by atoms with Gasteiger partial charge in [-0.15, -0.1) is 11.3 Å². The molecule has 0 atom stereocenters. The van der Waals surface area contributed by atoms with Crippen LogP contribution in [-0.4, -0.2) is 59.9 Å². The highest BCUT2D eigenvalue weighted by molar-refractivity contribution is 7.09. The van der Waals surface area contributed by atoms with Gasteiger partial charge in [0.2, 0.25) is 11.8 Å². The van der Waals surface area contributed by atoms with E-state index in [1.807, 2.05) is 49.6 Å². The third-order valence-corrected chi connectivity index (χ3v) is 6.99. The monoisotopic (exact) mass is 551 g/mol. The van der Waals surface area contributed by atoms with Crippen molar-refractivity contribution in [1.82, 2.24) is 9.80 Å². The highest BCUT2D eigenvalue weighted by Gasteiger charge is 2.23. The highest BCUT2D eigenvalue weighted by atomic mass is 32.1. The molecule has 0 spiro atoms. The van der Waals surface area contributed by atoms with E-state index in [1.165, 1.54) is 23.1 Å². The Labute approximate surface area is 232 Å². The molecule has 0 unspecified atom stereocenters. The molecule has 9 nitrogen and oxygen atoms in total. The van der Waals surface area contributed by atoms with E-state index in [0.717, 1.165) is 10.4 Å². The van der Waals surface area contributed by atoms with Crippen molar-refractivity contribution in [3.8, 4) is 11.5 Å². The third-order valence-electron chi connectivity index (χ3n) is 6.13. The lowest BCUT2D eigenvalue weighted by atomic mass is 10.1. The van der Waals surface area contributed by atoms with Crippen molar-refractivity contribution in [2.75, 3.05) is 27.3 Å². The maximum absolute atomic E-state index is 13.5. The number of amides is 2. The number of non-ortho nitro benzene ring substituents is 1. The Morgan fingerprint density at radius 3 is 2.36 bits per heavy atom. The van der Waals surface area contributed by atoms with Gasteiger partial charge >= 0.3 is 0 Å². The summed E-state index contributed by atoms with van der Waals surface area (Å²) in [4.78, 5) is 41.3. The number of carbonyl (C=O) groups is 2. The fourth-order valence-electron chi connectivity index (χ4n) is 3.91. The summed E-state index contributed by atoms with van der Waals surface area (Å²) in [6.45, 7) is 4.56. The van der Waals surface area contributed by atoms with Gasteiger partial charge in [0.05, 0.1) is 25.7 Å². The number of nitrogens with zero attached hydrogens (tertiary/aromatic N) is 3. The standard InChI is InChI=1S/C29H33N3O6S/c1-21(2)31(28(33)14-10-22-7-11-24(12-8-22)32(35)36)20-29(34)30(19-25-6-5-17-39-25)16-15-23-9-13-26(37-3)27(18-23)38-4/h5-14,17-18,21H,15-16,19-20H2,1-4H3/b14-10+. The predicted octanol–water partition coefficient (Wildman–Crippen LogP) is 5.20. The SMILES string of the molecule is COc1ccc(CCN(Cc2cccs2)C(=O)CN(C(=O)/C=C/c2ccc([N+](=O)[O-])cc2)C(C)C)cc1OC. The van der Waals surface area contributed by atoms with E-state index in [0.29, 0.717) is 36.6 Å². The maximum Gasteiger partial charge on any atom is 0.269 e. The molecule has 3 rings (SSSR count). The fraction of sp³-hybridized carbons (Fsp3) is 0.310. The van der Waals surface area contributed by atoms with Crippen LogP contribution >= 0.6 is 11.3 Å². The van der Waals surface area contributed by atoms with E-state index < -0.39 is 4.92 Å². The number of benzene rings is 2. The van der Waals surface area contributed by atoms with E-state index in [4.69, 9.17) is 9.47 Å². The summed E-state index contributed by atoms with van der Waals surface area (Å²) in [5.74, 6) is 0.797. The van der Waals surface area contributed by atoms with E-state index in [1.54, 1.807) is 48.7 Å². The Morgan fingerprint density at radius 1 is 1.05 bits per heavy atom. The summed E-state index contributed by atoms with van der Waals surface area (Å²) < 4.78 is 10.7. The van der Waals surface area contributed by atoms with Crippen LogP contribution in [0.15, 0.2) is 66.1 Å². The lowest BCUT2D eigenvalue weighted by Crippen LogP contribution is -2.45. The van der Waals surface area contributed by atoms with Crippen LogP contribution in [0.25, 0.3) is 6.08 Å². The smallest absolute Gasteiger partial charge is 0.269 e. The summed E-state index contributed by atoms with van der Waals surface area (Å²) in [6.07, 6.45) is 3.58. The molecular weight excluding hydrogens is 518 g/mol. The minimum atomic E-state index is -0.474. The van der Waals surface area contributed by atoms with E-state index in [9.17, 15) is 19.7 Å². The molecule has 0 saturated heterocycles. The average molecular weight is 552 g/mol. The molecule has 1 heterocycles. The summed E-state index contributed by atoms with van der Waals surface area (Å²) in [5, 5.41) is 12.8. The lowest BCUT2D eigenvalue weighted by molar-refractivity contribution is -0.384. The summed E-state index contributed by atoms with van der Waals surface area (Å²) in [5.41, 5.74) is 1.63. The average Bonchev–Trinajstić information content (AvgIpc) is 3.45. The zero-order chi connectivity index (χ0) is 28.4. The van der Waals surface area contributed by atoms with Crippen LogP contribution in [0.1, 0.15) is 29.9 Å². The van der Waals surface area contributed by atoms with Gasteiger partial charge in [-0.1, -0.05) is 12.1 Å². The minimum absolute atomic E-state index is 0.0215. The number of nitro groups is 1. The molecule has 3 aromatic rings. The van der Waals surface area contributed by atoms with Gasteiger partial charge in [0.25, 0.3) is 5.69 Å². The normalized spacial score (nSPS) is 11.0. The van der Waals surface area contributed by atoms with E-state index in [2.05, 4.69) is 0 Å². The van der Waals surface area contributed by atoms with Gasteiger partial charge in [-0.2, -0.15) is 0 Å². The van der Waals surface area contributed by atoms with Gasteiger partial charge < -0.3 is 19.3 Å². The van der Waals surface area contributed by atoms with E-state index >= 15 is 0 Å². The summed E-state index contributed by atoms with van der Waals surface area (Å²) >= 11 is 1.58. The van der Waals surface area contributed by atoms with Crippen LogP contribution in [-0.2, 0) is 22.6 Å². The van der Waals surface area contributed by atoms with Crippen molar-refractivity contribution < 1.29 is 24.0 Å². The van der Waals surface area contributed by atoms with Crippen molar-refractivity contribution in [2.45, 2.75) is 32.9 Å². The predicted molar refractivity (Wildman–Crippen MR) is 152 cm³/mol. The molecule has 0 bridgehead atoms. The van der Waals surface area contributed by atoms with Gasteiger partial charge in [0.1, 0.15) is 6.54 Å². The van der Waals surface area contributed by atoms with Gasteiger partial charge in [0.15, 0.2) is 11.5 Å². The fourth-order valence-corrected chi connectivity index (χ4v) is 4.63. The molecule has 0 radical (unpaired) electrons. The zero-order valence-corrected chi connectivity index (χ0v) is 23.3. The van der Waals surface area contributed by atoms with Crippen LogP contribution in [0.2, 0.25) is 0 Å². The first-order chi connectivity index (χ1) is 18.7. The first-order valence-corrected chi connectivity index (χ1v) is 13.3. The molecule has 0 N–H and O–H groups in total. The number of thiophene rings is 1. The second-order valence-corrected chi connectivity index (χ2v) is 10.1. The molecule has 39 heavy (non-hydrogen) atoms. The summed E-state index contributed by atoms with van der Waals surface area (Å²) in [7, 11) is 3.17. The number of rotatable bonds is 13. The molecule has 0 saturated carbocycles. The van der Waals surface area contributed by atoms with E-state index in [-0.39, 0.29) is 30.1 Å². The molecule has 10 heteroatoms. The van der Waals surface area contributed by atoms with Gasteiger partial charge in [-0.05, 0) is 73.2 Å². The van der Waals surface area contributed by atoms with Crippen molar-refractivity contribution in [2.24, 2.45) is 0 Å². The van der Waals surface area contributed by atoms with Crippen LogP contribution in [0.3, 0.4) is 0 Å². The number of ether oxygens (including phenoxy) is 2. The van der Waals surface area contributed by atoms with Crippen molar-refractivity contribution in [3.05, 3.63) is 92.2 Å². The molecule has 2 amide bonds. The molecule has 0 aliphatic rings. The van der Waals surface area contributed by atoms with Gasteiger partial charge in [-0.3, -0.25) is 19.7 Å². The maximum atomic E-state index is 13.5. The van der Waals surface area contributed by atoms with Crippen LogP contribution in [0.4, 0.5) is 5.69 Å². The molecule has 0 aliphatic carbocycles. The number of methoxy groups -OCH3 is 2. The van der Waals surface area contributed by atoms with Gasteiger partial charge in [0, 0.05) is 35.7 Å². The lowest BCUT2D eigenvalue weighted by Gasteiger charge is -2.29.